The van der Waals surface area contributed by atoms with Gasteiger partial charge in [-0.25, -0.2) is 4.79 Å². The molecule has 0 saturated heterocycles. The number of aromatic hydroxyl groups is 1. The standard InChI is InChI=1S/C34H44N4O6/c1-21(2)15-16-22(3)38(32(42)27(20-29(35)40)37-33(43)44-34(4,5)6)30(26-13-9-10-14-28(26)39)31(41)36-25-18-17-23-11-7-8-12-24(23)19-25/h7-14,17-19,21-22,27,30,39H,15-16,20H2,1-6H3,(H2,35,40)(H,36,41)(H,37,43). The number of nitrogens with zero attached hydrogens (tertiary/aromatic N) is 1. The zero-order valence-corrected chi connectivity index (χ0v) is 26.3. The number of rotatable bonds is 12. The first-order valence-corrected chi connectivity index (χ1v) is 14.8. The highest BCUT2D eigenvalue weighted by Crippen LogP contribution is 2.34. The molecule has 10 nitrogen and oxygen atoms in total. The summed E-state index contributed by atoms with van der Waals surface area (Å²) in [4.78, 5) is 54.8. The molecule has 3 aromatic carbocycles. The molecule has 236 valence electrons. The largest absolute Gasteiger partial charge is 0.508 e. The van der Waals surface area contributed by atoms with E-state index < -0.39 is 54.0 Å². The van der Waals surface area contributed by atoms with E-state index in [1.165, 1.54) is 11.0 Å². The van der Waals surface area contributed by atoms with E-state index in [4.69, 9.17) is 10.5 Å². The minimum atomic E-state index is -1.43. The molecule has 0 fully saturated rings. The molecule has 3 unspecified atom stereocenters. The Kier molecular flexibility index (Phi) is 11.3. The van der Waals surface area contributed by atoms with Gasteiger partial charge in [-0.1, -0.05) is 62.4 Å². The van der Waals surface area contributed by atoms with Gasteiger partial charge >= 0.3 is 6.09 Å². The Hall–Kier alpha value is -4.60. The molecule has 3 atom stereocenters. The van der Waals surface area contributed by atoms with Gasteiger partial charge in [-0.05, 0) is 75.4 Å². The van der Waals surface area contributed by atoms with Crippen LogP contribution < -0.4 is 16.4 Å². The van der Waals surface area contributed by atoms with Crippen molar-refractivity contribution in [2.75, 3.05) is 5.32 Å². The normalized spacial score (nSPS) is 13.5. The van der Waals surface area contributed by atoms with E-state index in [-0.39, 0.29) is 11.3 Å². The molecule has 0 aliphatic heterocycles. The maximum absolute atomic E-state index is 14.4. The molecule has 0 spiro atoms. The van der Waals surface area contributed by atoms with Gasteiger partial charge in [-0.15, -0.1) is 0 Å². The lowest BCUT2D eigenvalue weighted by Gasteiger charge is -2.38. The number of carbonyl (C=O) groups excluding carboxylic acids is 4. The van der Waals surface area contributed by atoms with E-state index in [1.807, 2.05) is 50.2 Å². The molecule has 0 aliphatic rings. The van der Waals surface area contributed by atoms with E-state index in [1.54, 1.807) is 52.0 Å². The lowest BCUT2D eigenvalue weighted by atomic mass is 9.96. The number of phenols is 1. The zero-order chi connectivity index (χ0) is 32.6. The Morgan fingerprint density at radius 2 is 1.55 bits per heavy atom. The van der Waals surface area contributed by atoms with Crippen molar-refractivity contribution in [1.29, 1.82) is 0 Å². The smallest absolute Gasteiger partial charge is 0.408 e. The fraction of sp³-hybridized carbons (Fsp3) is 0.412. The van der Waals surface area contributed by atoms with Crippen LogP contribution in [0.1, 0.15) is 72.4 Å². The number of carbonyl (C=O) groups is 4. The van der Waals surface area contributed by atoms with Crippen molar-refractivity contribution >= 4 is 40.3 Å². The summed E-state index contributed by atoms with van der Waals surface area (Å²) in [5.74, 6) is -2.01. The highest BCUT2D eigenvalue weighted by Gasteiger charge is 2.40. The van der Waals surface area contributed by atoms with Crippen LogP contribution in [0, 0.1) is 5.92 Å². The van der Waals surface area contributed by atoms with Crippen LogP contribution in [0.25, 0.3) is 10.8 Å². The fourth-order valence-electron chi connectivity index (χ4n) is 4.96. The van der Waals surface area contributed by atoms with E-state index in [2.05, 4.69) is 10.6 Å². The van der Waals surface area contributed by atoms with Gasteiger partial charge in [0.25, 0.3) is 5.91 Å². The van der Waals surface area contributed by atoms with Crippen molar-refractivity contribution in [3.8, 4) is 5.75 Å². The predicted molar refractivity (Wildman–Crippen MR) is 171 cm³/mol. The minimum absolute atomic E-state index is 0.186. The molecule has 0 aliphatic carbocycles. The number of hydrogen-bond donors (Lipinski definition) is 4. The van der Waals surface area contributed by atoms with Crippen LogP contribution >= 0.6 is 0 Å². The third kappa shape index (κ3) is 9.45. The number of para-hydroxylation sites is 1. The Morgan fingerprint density at radius 1 is 0.909 bits per heavy atom. The first-order chi connectivity index (χ1) is 20.7. The number of phenolic OH excluding ortho intramolecular Hbond substituents is 1. The number of alkyl carbamates (subject to hydrolysis) is 1. The molecule has 5 N–H and O–H groups in total. The second-order valence-corrected chi connectivity index (χ2v) is 12.4. The summed E-state index contributed by atoms with van der Waals surface area (Å²) in [6.45, 7) is 10.9. The van der Waals surface area contributed by atoms with Gasteiger partial charge in [0.15, 0.2) is 0 Å². The Balaban J connectivity index is 2.11. The van der Waals surface area contributed by atoms with Crippen molar-refractivity contribution in [3.05, 3.63) is 72.3 Å². The van der Waals surface area contributed by atoms with Crippen molar-refractivity contribution in [3.63, 3.8) is 0 Å². The van der Waals surface area contributed by atoms with Crippen LogP contribution in [-0.2, 0) is 19.1 Å². The molecule has 0 saturated carbocycles. The highest BCUT2D eigenvalue weighted by atomic mass is 16.6. The van der Waals surface area contributed by atoms with Gasteiger partial charge in [-0.3, -0.25) is 14.4 Å². The van der Waals surface area contributed by atoms with E-state index in [0.717, 1.165) is 17.2 Å². The number of hydrogen-bond acceptors (Lipinski definition) is 6. The number of anilines is 1. The minimum Gasteiger partial charge on any atom is -0.508 e. The average molecular weight is 605 g/mol. The average Bonchev–Trinajstić information content (AvgIpc) is 2.93. The molecule has 3 aromatic rings. The van der Waals surface area contributed by atoms with Crippen molar-refractivity contribution < 1.29 is 29.0 Å². The van der Waals surface area contributed by atoms with E-state index >= 15 is 0 Å². The van der Waals surface area contributed by atoms with Crippen LogP contribution in [0.3, 0.4) is 0 Å². The number of amides is 4. The number of nitrogens with one attached hydrogen (secondary N) is 2. The maximum Gasteiger partial charge on any atom is 0.408 e. The summed E-state index contributed by atoms with van der Waals surface area (Å²) in [6, 6.07) is 16.1. The van der Waals surface area contributed by atoms with Gasteiger partial charge in [0.2, 0.25) is 11.8 Å². The van der Waals surface area contributed by atoms with Crippen molar-refractivity contribution in [1.82, 2.24) is 10.2 Å². The lowest BCUT2D eigenvalue weighted by molar-refractivity contribution is -0.144. The fourth-order valence-corrected chi connectivity index (χ4v) is 4.96. The molecule has 0 heterocycles. The van der Waals surface area contributed by atoms with Crippen LogP contribution in [0.2, 0.25) is 0 Å². The second-order valence-electron chi connectivity index (χ2n) is 12.4. The first-order valence-electron chi connectivity index (χ1n) is 14.8. The summed E-state index contributed by atoms with van der Waals surface area (Å²) >= 11 is 0. The van der Waals surface area contributed by atoms with E-state index in [0.29, 0.717) is 18.0 Å². The SMILES string of the molecule is CC(C)CCC(C)N(C(=O)C(CC(N)=O)NC(=O)OC(C)(C)C)C(C(=O)Nc1ccc2ccccc2c1)c1ccccc1O. The van der Waals surface area contributed by atoms with Crippen LogP contribution in [0.15, 0.2) is 66.7 Å². The molecule has 3 rings (SSSR count). The summed E-state index contributed by atoms with van der Waals surface area (Å²) < 4.78 is 5.35. The number of primary amides is 1. The van der Waals surface area contributed by atoms with Gasteiger partial charge in [0, 0.05) is 17.3 Å². The quantitative estimate of drug-likeness (QED) is 0.210. The Morgan fingerprint density at radius 3 is 2.16 bits per heavy atom. The third-order valence-electron chi connectivity index (χ3n) is 7.06. The van der Waals surface area contributed by atoms with Gasteiger partial charge in [0.1, 0.15) is 23.4 Å². The Bertz CT molecular complexity index is 1480. The lowest BCUT2D eigenvalue weighted by Crippen LogP contribution is -2.55. The van der Waals surface area contributed by atoms with Crippen LogP contribution in [0.4, 0.5) is 10.5 Å². The van der Waals surface area contributed by atoms with Crippen molar-refractivity contribution in [2.45, 2.75) is 84.5 Å². The molecule has 10 heteroatoms. The molecular weight excluding hydrogens is 560 g/mol. The summed E-state index contributed by atoms with van der Waals surface area (Å²) in [7, 11) is 0. The summed E-state index contributed by atoms with van der Waals surface area (Å²) in [5.41, 5.74) is 5.32. The number of benzene rings is 3. The molecule has 0 bridgehead atoms. The van der Waals surface area contributed by atoms with Crippen molar-refractivity contribution in [2.24, 2.45) is 11.7 Å². The summed E-state index contributed by atoms with van der Waals surface area (Å²) in [5, 5.41) is 18.2. The Labute approximate surface area is 258 Å². The van der Waals surface area contributed by atoms with E-state index in [9.17, 15) is 24.3 Å². The topological polar surface area (TPSA) is 151 Å². The first kappa shape index (κ1) is 33.9. The summed E-state index contributed by atoms with van der Waals surface area (Å²) in [6.07, 6.45) is -0.200. The number of fused-ring (bicyclic) bond motifs is 1. The van der Waals surface area contributed by atoms with Gasteiger partial charge < -0.3 is 31.1 Å². The van der Waals surface area contributed by atoms with Gasteiger partial charge in [-0.2, -0.15) is 0 Å². The molecule has 44 heavy (non-hydrogen) atoms. The molecule has 0 aromatic heterocycles. The number of nitrogens with two attached hydrogens (primary N) is 1. The third-order valence-corrected chi connectivity index (χ3v) is 7.06. The highest BCUT2D eigenvalue weighted by molar-refractivity contribution is 6.01. The van der Waals surface area contributed by atoms with Gasteiger partial charge in [0.05, 0.1) is 6.42 Å². The second kappa shape index (κ2) is 14.7. The molecular formula is C34H44N4O6. The predicted octanol–water partition coefficient (Wildman–Crippen LogP) is 5.65. The monoisotopic (exact) mass is 604 g/mol. The zero-order valence-electron chi connectivity index (χ0n) is 26.3. The van der Waals surface area contributed by atoms with Crippen LogP contribution in [-0.4, -0.2) is 51.5 Å². The maximum atomic E-state index is 14.4. The molecule has 0 radical (unpaired) electrons. The number of ether oxygens (including phenoxy) is 1. The molecule has 4 amide bonds. The van der Waals surface area contributed by atoms with Crippen LogP contribution in [0.5, 0.6) is 5.75 Å².